The van der Waals surface area contributed by atoms with Crippen LogP contribution in [-0.2, 0) is 6.54 Å². The largest absolute Gasteiger partial charge is 0.457 e. The minimum atomic E-state index is -0.325. The van der Waals surface area contributed by atoms with E-state index in [0.717, 1.165) is 5.56 Å². The predicted octanol–water partition coefficient (Wildman–Crippen LogP) is 4.75. The second kappa shape index (κ2) is 6.37. The van der Waals surface area contributed by atoms with Gasteiger partial charge in [-0.1, -0.05) is 17.7 Å². The zero-order valence-corrected chi connectivity index (χ0v) is 12.6. The lowest BCUT2D eigenvalue weighted by Crippen LogP contribution is -2.06. The monoisotopic (exact) mass is 343 g/mol. The summed E-state index contributed by atoms with van der Waals surface area (Å²) in [7, 11) is 1.85. The first-order valence-electron chi connectivity index (χ1n) is 5.66. The molecule has 0 aliphatic rings. The van der Waals surface area contributed by atoms with Crippen molar-refractivity contribution >= 4 is 27.5 Å². The van der Waals surface area contributed by atoms with Gasteiger partial charge in [0.1, 0.15) is 17.3 Å². The Morgan fingerprint density at radius 3 is 2.74 bits per heavy atom. The molecule has 0 fully saturated rings. The van der Waals surface area contributed by atoms with Crippen LogP contribution in [0.15, 0.2) is 40.9 Å². The van der Waals surface area contributed by atoms with Gasteiger partial charge in [-0.15, -0.1) is 0 Å². The summed E-state index contributed by atoms with van der Waals surface area (Å²) in [4.78, 5) is 0. The molecule has 0 heterocycles. The van der Waals surface area contributed by atoms with Crippen LogP contribution < -0.4 is 10.1 Å². The standard InChI is InChI=1S/C14H12BrClFNO/c1-18-8-9-2-3-10(16)6-14(9)19-11-4-5-13(17)12(15)7-11/h2-7,18H,8H2,1H3. The van der Waals surface area contributed by atoms with Crippen LogP contribution in [0, 0.1) is 5.82 Å². The van der Waals surface area contributed by atoms with E-state index in [9.17, 15) is 4.39 Å². The first-order chi connectivity index (χ1) is 9.10. The van der Waals surface area contributed by atoms with Crippen molar-refractivity contribution in [2.45, 2.75) is 6.54 Å². The summed E-state index contributed by atoms with van der Waals surface area (Å²) in [6.45, 7) is 0.662. The fourth-order valence-electron chi connectivity index (χ4n) is 1.63. The quantitative estimate of drug-likeness (QED) is 0.864. The van der Waals surface area contributed by atoms with Crippen molar-refractivity contribution < 1.29 is 9.13 Å². The molecule has 0 amide bonds. The molecule has 2 aromatic rings. The maximum Gasteiger partial charge on any atom is 0.137 e. The Morgan fingerprint density at radius 2 is 2.05 bits per heavy atom. The molecule has 1 N–H and O–H groups in total. The Hall–Kier alpha value is -1.10. The topological polar surface area (TPSA) is 21.3 Å². The Kier molecular flexibility index (Phi) is 4.80. The van der Waals surface area contributed by atoms with Crippen molar-refractivity contribution in [3.63, 3.8) is 0 Å². The van der Waals surface area contributed by atoms with Crippen LogP contribution in [0.25, 0.3) is 0 Å². The molecular weight excluding hydrogens is 333 g/mol. The second-order valence-corrected chi connectivity index (χ2v) is 5.25. The molecule has 2 aromatic carbocycles. The average molecular weight is 345 g/mol. The Labute approximate surface area is 124 Å². The van der Waals surface area contributed by atoms with Crippen LogP contribution in [0.2, 0.25) is 5.02 Å². The third-order valence-corrected chi connectivity index (χ3v) is 3.36. The summed E-state index contributed by atoms with van der Waals surface area (Å²) in [5, 5.41) is 3.65. The van der Waals surface area contributed by atoms with Gasteiger partial charge in [-0.05, 0) is 53.3 Å². The van der Waals surface area contributed by atoms with Gasteiger partial charge >= 0.3 is 0 Å². The fraction of sp³-hybridized carbons (Fsp3) is 0.143. The SMILES string of the molecule is CNCc1ccc(Cl)cc1Oc1ccc(F)c(Br)c1. The maximum absolute atomic E-state index is 13.2. The van der Waals surface area contributed by atoms with Gasteiger partial charge in [-0.2, -0.15) is 0 Å². The number of rotatable bonds is 4. The lowest BCUT2D eigenvalue weighted by Gasteiger charge is -2.12. The van der Waals surface area contributed by atoms with Gasteiger partial charge in [-0.3, -0.25) is 0 Å². The molecule has 0 unspecified atom stereocenters. The molecule has 2 rings (SSSR count). The summed E-state index contributed by atoms with van der Waals surface area (Å²) >= 11 is 9.10. The minimum absolute atomic E-state index is 0.325. The van der Waals surface area contributed by atoms with Gasteiger partial charge < -0.3 is 10.1 Å². The lowest BCUT2D eigenvalue weighted by molar-refractivity contribution is 0.472. The number of nitrogens with one attached hydrogen (secondary N) is 1. The van der Waals surface area contributed by atoms with Crippen LogP contribution in [0.3, 0.4) is 0 Å². The molecule has 0 aromatic heterocycles. The average Bonchev–Trinajstić information content (AvgIpc) is 2.37. The molecule has 5 heteroatoms. The fourth-order valence-corrected chi connectivity index (χ4v) is 2.15. The number of halogens is 3. The first-order valence-corrected chi connectivity index (χ1v) is 6.83. The van der Waals surface area contributed by atoms with Gasteiger partial charge in [0, 0.05) is 17.1 Å². The van der Waals surface area contributed by atoms with Crippen LogP contribution >= 0.6 is 27.5 Å². The van der Waals surface area contributed by atoms with Gasteiger partial charge in [0.25, 0.3) is 0 Å². The number of benzene rings is 2. The highest BCUT2D eigenvalue weighted by Gasteiger charge is 2.07. The number of ether oxygens (including phenoxy) is 1. The zero-order valence-electron chi connectivity index (χ0n) is 10.2. The van der Waals surface area contributed by atoms with Crippen molar-refractivity contribution in [2.24, 2.45) is 0 Å². The molecule has 0 saturated heterocycles. The number of hydrogen-bond donors (Lipinski definition) is 1. The zero-order chi connectivity index (χ0) is 13.8. The van der Waals surface area contributed by atoms with E-state index in [1.165, 1.54) is 6.07 Å². The molecule has 19 heavy (non-hydrogen) atoms. The summed E-state index contributed by atoms with van der Waals surface area (Å²) in [6.07, 6.45) is 0. The molecular formula is C14H12BrClFNO. The van der Waals surface area contributed by atoms with Crippen LogP contribution in [0.4, 0.5) is 4.39 Å². The van der Waals surface area contributed by atoms with E-state index in [0.29, 0.717) is 27.5 Å². The van der Waals surface area contributed by atoms with Crippen molar-refractivity contribution in [1.82, 2.24) is 5.32 Å². The summed E-state index contributed by atoms with van der Waals surface area (Å²) in [6, 6.07) is 9.95. The third kappa shape index (κ3) is 3.69. The van der Waals surface area contributed by atoms with E-state index in [-0.39, 0.29) is 5.82 Å². The van der Waals surface area contributed by atoms with E-state index in [2.05, 4.69) is 21.2 Å². The van der Waals surface area contributed by atoms with Crippen LogP contribution in [0.5, 0.6) is 11.5 Å². The van der Waals surface area contributed by atoms with Gasteiger partial charge in [0.15, 0.2) is 0 Å². The van der Waals surface area contributed by atoms with E-state index in [1.54, 1.807) is 18.2 Å². The van der Waals surface area contributed by atoms with Crippen molar-refractivity contribution in [3.8, 4) is 11.5 Å². The lowest BCUT2D eigenvalue weighted by atomic mass is 10.2. The highest BCUT2D eigenvalue weighted by molar-refractivity contribution is 9.10. The molecule has 0 bridgehead atoms. The maximum atomic E-state index is 13.2. The minimum Gasteiger partial charge on any atom is -0.457 e. The molecule has 0 radical (unpaired) electrons. The van der Waals surface area contributed by atoms with Crippen LogP contribution in [-0.4, -0.2) is 7.05 Å². The van der Waals surface area contributed by atoms with Gasteiger partial charge in [0.05, 0.1) is 4.47 Å². The summed E-state index contributed by atoms with van der Waals surface area (Å²) < 4.78 is 19.3. The molecule has 0 aliphatic heterocycles. The predicted molar refractivity (Wildman–Crippen MR) is 78.4 cm³/mol. The second-order valence-electron chi connectivity index (χ2n) is 3.96. The van der Waals surface area contributed by atoms with Crippen molar-refractivity contribution in [2.75, 3.05) is 7.05 Å². The Balaban J connectivity index is 2.30. The molecule has 0 atom stereocenters. The summed E-state index contributed by atoms with van der Waals surface area (Å²) in [5.41, 5.74) is 0.979. The van der Waals surface area contributed by atoms with E-state index >= 15 is 0 Å². The Bertz CT molecular complexity index is 592. The van der Waals surface area contributed by atoms with E-state index < -0.39 is 0 Å². The molecule has 0 spiro atoms. The summed E-state index contributed by atoms with van der Waals surface area (Å²) in [5.74, 6) is 0.877. The van der Waals surface area contributed by atoms with Crippen molar-refractivity contribution in [3.05, 3.63) is 57.3 Å². The Morgan fingerprint density at radius 1 is 1.26 bits per heavy atom. The van der Waals surface area contributed by atoms with Crippen molar-refractivity contribution in [1.29, 1.82) is 0 Å². The number of hydrogen-bond acceptors (Lipinski definition) is 2. The normalized spacial score (nSPS) is 10.5. The molecule has 2 nitrogen and oxygen atoms in total. The van der Waals surface area contributed by atoms with Gasteiger partial charge in [0.2, 0.25) is 0 Å². The smallest absolute Gasteiger partial charge is 0.137 e. The van der Waals surface area contributed by atoms with E-state index in [4.69, 9.17) is 16.3 Å². The highest BCUT2D eigenvalue weighted by atomic mass is 79.9. The first kappa shape index (κ1) is 14.3. The molecule has 0 aliphatic carbocycles. The van der Waals surface area contributed by atoms with Crippen LogP contribution in [0.1, 0.15) is 5.56 Å². The highest BCUT2D eigenvalue weighted by Crippen LogP contribution is 2.30. The molecule has 0 saturated carbocycles. The molecule has 100 valence electrons. The third-order valence-electron chi connectivity index (χ3n) is 2.52. The van der Waals surface area contributed by atoms with Gasteiger partial charge in [-0.25, -0.2) is 4.39 Å². The van der Waals surface area contributed by atoms with E-state index in [1.807, 2.05) is 19.2 Å².